The molecule has 4 nitrogen and oxygen atoms in total. The van der Waals surface area contributed by atoms with Crippen molar-refractivity contribution in [2.24, 2.45) is 0 Å². The van der Waals surface area contributed by atoms with Gasteiger partial charge in [-0.2, -0.15) is 0 Å². The standard InChI is InChI=1S/C60H40N4S/c1-39-15-11-12-22-48(39)51-35-44(28-27-41(51)26-25-40-16-5-2-6-17-40)45-30-33-55-52(36-45)49-23-13-14-24-54(49)64(55)47-31-34-56-53(38-47)50-32-29-46(37-57(50)65-56)60-62-58(42-18-7-3-8-19-42)61-59(63-60)43-20-9-4-10-21-43/h2-38H,1H3/b26-25+. The number of para-hydroxylation sites is 1. The number of thiophene rings is 1. The molecule has 0 amide bonds. The molecule has 0 saturated carbocycles. The summed E-state index contributed by atoms with van der Waals surface area (Å²) in [7, 11) is 0. The molecule has 0 atom stereocenters. The number of hydrogen-bond donors (Lipinski definition) is 0. The highest BCUT2D eigenvalue weighted by Gasteiger charge is 2.18. The number of fused-ring (bicyclic) bond motifs is 6. The minimum absolute atomic E-state index is 0.657. The smallest absolute Gasteiger partial charge is 0.164 e. The third-order valence-electron chi connectivity index (χ3n) is 12.4. The van der Waals surface area contributed by atoms with E-state index in [1.807, 2.05) is 60.7 Å². The number of hydrogen-bond acceptors (Lipinski definition) is 4. The molecule has 0 aliphatic rings. The number of benzene rings is 9. The number of aromatic nitrogens is 4. The lowest BCUT2D eigenvalue weighted by Gasteiger charge is -2.13. The molecule has 9 aromatic carbocycles. The van der Waals surface area contributed by atoms with Crippen molar-refractivity contribution in [1.82, 2.24) is 19.5 Å². The van der Waals surface area contributed by atoms with Gasteiger partial charge in [-0.25, -0.2) is 15.0 Å². The van der Waals surface area contributed by atoms with Crippen LogP contribution in [0.2, 0.25) is 0 Å². The van der Waals surface area contributed by atoms with Crippen molar-refractivity contribution in [2.75, 3.05) is 0 Å². The predicted molar refractivity (Wildman–Crippen MR) is 274 cm³/mol. The van der Waals surface area contributed by atoms with Crippen molar-refractivity contribution in [1.29, 1.82) is 0 Å². The molecule has 0 radical (unpaired) electrons. The quantitative estimate of drug-likeness (QED) is 0.143. The Morgan fingerprint density at radius 1 is 0.385 bits per heavy atom. The van der Waals surface area contributed by atoms with Gasteiger partial charge in [0.2, 0.25) is 0 Å². The first-order valence-electron chi connectivity index (χ1n) is 21.9. The average molecular weight is 849 g/mol. The van der Waals surface area contributed by atoms with Gasteiger partial charge >= 0.3 is 0 Å². The third-order valence-corrected chi connectivity index (χ3v) is 13.6. The van der Waals surface area contributed by atoms with Crippen molar-refractivity contribution in [3.8, 4) is 62.1 Å². The minimum atomic E-state index is 0.657. The summed E-state index contributed by atoms with van der Waals surface area (Å²) < 4.78 is 4.85. The van der Waals surface area contributed by atoms with Crippen molar-refractivity contribution in [3.05, 3.63) is 229 Å². The second-order valence-corrected chi connectivity index (χ2v) is 17.6. The van der Waals surface area contributed by atoms with E-state index in [0.717, 1.165) is 22.4 Å². The molecule has 3 heterocycles. The highest BCUT2D eigenvalue weighted by Crippen LogP contribution is 2.41. The van der Waals surface area contributed by atoms with Crippen LogP contribution in [0.15, 0.2) is 212 Å². The van der Waals surface area contributed by atoms with Gasteiger partial charge in [-0.3, -0.25) is 0 Å². The molecule has 0 aliphatic carbocycles. The van der Waals surface area contributed by atoms with Crippen LogP contribution in [0.1, 0.15) is 16.7 Å². The Hall–Kier alpha value is -8.25. The van der Waals surface area contributed by atoms with Gasteiger partial charge < -0.3 is 4.57 Å². The molecular formula is C60H40N4S. The zero-order valence-electron chi connectivity index (χ0n) is 35.6. The molecule has 0 aliphatic heterocycles. The second kappa shape index (κ2) is 16.1. The second-order valence-electron chi connectivity index (χ2n) is 16.5. The zero-order valence-corrected chi connectivity index (χ0v) is 36.4. The highest BCUT2D eigenvalue weighted by molar-refractivity contribution is 7.25. The van der Waals surface area contributed by atoms with Gasteiger partial charge in [0.15, 0.2) is 17.5 Å². The Morgan fingerprint density at radius 3 is 1.75 bits per heavy atom. The van der Waals surface area contributed by atoms with E-state index in [1.54, 1.807) is 11.3 Å². The van der Waals surface area contributed by atoms with Gasteiger partial charge in [0.05, 0.1) is 11.0 Å². The maximum atomic E-state index is 5.01. The maximum absolute atomic E-state index is 5.01. The van der Waals surface area contributed by atoms with Crippen LogP contribution in [0.3, 0.4) is 0 Å². The normalized spacial score (nSPS) is 11.7. The summed E-state index contributed by atoms with van der Waals surface area (Å²) in [5.74, 6) is 1.97. The van der Waals surface area contributed by atoms with Gasteiger partial charge in [0.25, 0.3) is 0 Å². The van der Waals surface area contributed by atoms with E-state index >= 15 is 0 Å². The van der Waals surface area contributed by atoms with E-state index in [1.165, 1.54) is 80.9 Å². The topological polar surface area (TPSA) is 43.6 Å². The number of aryl methyl sites for hydroxylation is 1. The molecule has 12 rings (SSSR count). The molecule has 0 N–H and O–H groups in total. The lowest BCUT2D eigenvalue weighted by atomic mass is 9.91. The van der Waals surface area contributed by atoms with Crippen LogP contribution >= 0.6 is 11.3 Å². The monoisotopic (exact) mass is 848 g/mol. The van der Waals surface area contributed by atoms with Crippen molar-refractivity contribution < 1.29 is 0 Å². The Labute approximate surface area is 381 Å². The van der Waals surface area contributed by atoms with Crippen molar-refractivity contribution in [3.63, 3.8) is 0 Å². The van der Waals surface area contributed by atoms with Crippen LogP contribution in [0, 0.1) is 6.92 Å². The Kier molecular flexibility index (Phi) is 9.54. The molecule has 65 heavy (non-hydrogen) atoms. The first-order chi connectivity index (χ1) is 32.1. The van der Waals surface area contributed by atoms with Crippen LogP contribution < -0.4 is 0 Å². The van der Waals surface area contributed by atoms with Gasteiger partial charge in [0, 0.05) is 53.3 Å². The van der Waals surface area contributed by atoms with Crippen LogP contribution in [-0.2, 0) is 0 Å². The third kappa shape index (κ3) is 7.09. The first-order valence-corrected chi connectivity index (χ1v) is 22.7. The molecule has 0 unspecified atom stereocenters. The first kappa shape index (κ1) is 38.4. The molecule has 0 spiro atoms. The largest absolute Gasteiger partial charge is 0.309 e. The van der Waals surface area contributed by atoms with Gasteiger partial charge in [-0.05, 0) is 94.4 Å². The summed E-state index contributed by atoms with van der Waals surface area (Å²) >= 11 is 1.80. The van der Waals surface area contributed by atoms with E-state index in [0.29, 0.717) is 17.5 Å². The molecule has 306 valence electrons. The van der Waals surface area contributed by atoms with Crippen LogP contribution in [-0.4, -0.2) is 19.5 Å². The molecule has 0 bridgehead atoms. The van der Waals surface area contributed by atoms with E-state index in [4.69, 9.17) is 15.0 Å². The maximum Gasteiger partial charge on any atom is 0.164 e. The fraction of sp³-hybridized carbons (Fsp3) is 0.0167. The van der Waals surface area contributed by atoms with E-state index in [9.17, 15) is 0 Å². The SMILES string of the molecule is Cc1ccccc1-c1cc(-c2ccc3c(c2)c2ccccc2n3-c2ccc3sc4cc(-c5nc(-c6ccccc6)nc(-c6ccccc6)n5)ccc4c3c2)ccc1/C=C/c1ccccc1. The van der Waals surface area contributed by atoms with E-state index in [-0.39, 0.29) is 0 Å². The molecule has 0 fully saturated rings. The lowest BCUT2D eigenvalue weighted by Crippen LogP contribution is -1.99. The molecule has 12 aromatic rings. The van der Waals surface area contributed by atoms with Crippen LogP contribution in [0.4, 0.5) is 0 Å². The molecule has 0 saturated heterocycles. The van der Waals surface area contributed by atoms with E-state index < -0.39 is 0 Å². The highest BCUT2D eigenvalue weighted by atomic mass is 32.1. The Balaban J connectivity index is 0.942. The van der Waals surface area contributed by atoms with Crippen LogP contribution in [0.25, 0.3) is 116 Å². The summed E-state index contributed by atoms with van der Waals surface area (Å²) in [4.78, 5) is 14.9. The molecule has 5 heteroatoms. The van der Waals surface area contributed by atoms with Gasteiger partial charge in [-0.1, -0.05) is 176 Å². The number of rotatable bonds is 8. The van der Waals surface area contributed by atoms with Crippen molar-refractivity contribution >= 4 is 65.5 Å². The Bertz CT molecular complexity index is 3720. The fourth-order valence-electron chi connectivity index (χ4n) is 9.15. The summed E-state index contributed by atoms with van der Waals surface area (Å²) in [6.45, 7) is 2.20. The summed E-state index contributed by atoms with van der Waals surface area (Å²) in [6.07, 6.45) is 4.44. The summed E-state index contributed by atoms with van der Waals surface area (Å²) in [5, 5.41) is 4.90. The van der Waals surface area contributed by atoms with Crippen molar-refractivity contribution in [2.45, 2.75) is 6.92 Å². The van der Waals surface area contributed by atoms with Gasteiger partial charge in [0.1, 0.15) is 0 Å². The minimum Gasteiger partial charge on any atom is -0.309 e. The lowest BCUT2D eigenvalue weighted by molar-refractivity contribution is 1.07. The zero-order chi connectivity index (χ0) is 43.3. The molecule has 3 aromatic heterocycles. The summed E-state index contributed by atoms with van der Waals surface area (Å²) in [5.41, 5.74) is 14.8. The van der Waals surface area contributed by atoms with Crippen LogP contribution in [0.5, 0.6) is 0 Å². The van der Waals surface area contributed by atoms with Gasteiger partial charge in [-0.15, -0.1) is 11.3 Å². The molecular weight excluding hydrogens is 809 g/mol. The number of nitrogens with zero attached hydrogens (tertiary/aromatic N) is 4. The Morgan fingerprint density at radius 2 is 1.00 bits per heavy atom. The summed E-state index contributed by atoms with van der Waals surface area (Å²) in [6, 6.07) is 75.6. The predicted octanol–water partition coefficient (Wildman–Crippen LogP) is 16.2. The fourth-order valence-corrected chi connectivity index (χ4v) is 10.3. The average Bonchev–Trinajstić information content (AvgIpc) is 3.91. The van der Waals surface area contributed by atoms with E-state index in [2.05, 4.69) is 175 Å².